The number of benzene rings is 2. The summed E-state index contributed by atoms with van der Waals surface area (Å²) in [6.45, 7) is 4.12. The Bertz CT molecular complexity index is 743. The lowest BCUT2D eigenvalue weighted by molar-refractivity contribution is -0.132. The van der Waals surface area contributed by atoms with Gasteiger partial charge in [-0.2, -0.15) is 0 Å². The molecule has 0 radical (unpaired) electrons. The lowest BCUT2D eigenvalue weighted by Crippen LogP contribution is -2.51. The molecule has 0 unspecified atom stereocenters. The third-order valence-corrected chi connectivity index (χ3v) is 4.83. The van der Waals surface area contributed by atoms with Crippen LogP contribution >= 0.6 is 11.6 Å². The first-order chi connectivity index (χ1) is 12.5. The molecule has 1 N–H and O–H groups in total. The Kier molecular flexibility index (Phi) is 6.01. The molecule has 0 saturated carbocycles. The number of carbonyl (C=O) groups excluding carboxylic acids is 1. The van der Waals surface area contributed by atoms with Gasteiger partial charge in [-0.3, -0.25) is 9.69 Å². The Balaban J connectivity index is 1.48. The van der Waals surface area contributed by atoms with Crippen molar-refractivity contribution in [2.75, 3.05) is 44.7 Å². The van der Waals surface area contributed by atoms with Crippen molar-refractivity contribution in [1.29, 1.82) is 0 Å². The largest absolute Gasteiger partial charge is 0.508 e. The van der Waals surface area contributed by atoms with Gasteiger partial charge in [0, 0.05) is 43.4 Å². The minimum Gasteiger partial charge on any atom is -0.508 e. The van der Waals surface area contributed by atoms with Gasteiger partial charge in [0.05, 0.1) is 6.54 Å². The molecule has 2 aromatic rings. The maximum atomic E-state index is 12.6. The van der Waals surface area contributed by atoms with E-state index in [0.29, 0.717) is 31.2 Å². The summed E-state index contributed by atoms with van der Waals surface area (Å²) in [4.78, 5) is 18.7. The topological polar surface area (TPSA) is 47.0 Å². The van der Waals surface area contributed by atoms with E-state index in [2.05, 4.69) is 4.90 Å². The van der Waals surface area contributed by atoms with Crippen LogP contribution in [0.1, 0.15) is 5.56 Å². The average molecular weight is 374 g/mol. The summed E-state index contributed by atoms with van der Waals surface area (Å²) in [6.07, 6.45) is 0. The van der Waals surface area contributed by atoms with E-state index in [-0.39, 0.29) is 11.7 Å². The predicted molar refractivity (Wildman–Crippen MR) is 105 cm³/mol. The lowest BCUT2D eigenvalue weighted by Gasteiger charge is -2.36. The van der Waals surface area contributed by atoms with Gasteiger partial charge in [0.1, 0.15) is 5.75 Å². The normalized spacial score (nSPS) is 14.7. The highest BCUT2D eigenvalue weighted by atomic mass is 35.5. The third kappa shape index (κ3) is 4.90. The SMILES string of the molecule is CN(CC(=O)N1CCN(c2ccc(O)cc2)CC1)Cc1cccc(Cl)c1. The third-order valence-electron chi connectivity index (χ3n) is 4.59. The second-order valence-corrected chi connectivity index (χ2v) is 7.12. The van der Waals surface area contributed by atoms with Crippen LogP contribution in [-0.4, -0.2) is 60.6 Å². The minimum absolute atomic E-state index is 0.153. The van der Waals surface area contributed by atoms with E-state index in [1.807, 2.05) is 53.2 Å². The van der Waals surface area contributed by atoms with E-state index in [1.54, 1.807) is 12.1 Å². The summed E-state index contributed by atoms with van der Waals surface area (Å²) >= 11 is 6.02. The molecule has 3 rings (SSSR count). The van der Waals surface area contributed by atoms with Gasteiger partial charge in [0.2, 0.25) is 5.91 Å². The fourth-order valence-electron chi connectivity index (χ4n) is 3.21. The number of hydrogen-bond acceptors (Lipinski definition) is 4. The van der Waals surface area contributed by atoms with Crippen LogP contribution in [0, 0.1) is 0 Å². The number of likely N-dealkylation sites (N-methyl/N-ethyl adjacent to an activating group) is 1. The van der Waals surface area contributed by atoms with Crippen LogP contribution in [0.25, 0.3) is 0 Å². The molecule has 0 bridgehead atoms. The molecule has 1 aliphatic heterocycles. The van der Waals surface area contributed by atoms with Gasteiger partial charge in [-0.1, -0.05) is 23.7 Å². The summed E-state index contributed by atoms with van der Waals surface area (Å²) in [5.41, 5.74) is 2.18. The van der Waals surface area contributed by atoms with Gasteiger partial charge in [0.25, 0.3) is 0 Å². The Hall–Kier alpha value is -2.24. The smallest absolute Gasteiger partial charge is 0.236 e. The first kappa shape index (κ1) is 18.5. The van der Waals surface area contributed by atoms with Gasteiger partial charge in [-0.25, -0.2) is 0 Å². The van der Waals surface area contributed by atoms with Gasteiger partial charge in [-0.15, -0.1) is 0 Å². The number of piperazine rings is 1. The molecule has 0 aromatic heterocycles. The van der Waals surface area contributed by atoms with Crippen molar-refractivity contribution in [3.8, 4) is 5.75 Å². The number of halogens is 1. The molecule has 1 saturated heterocycles. The number of carbonyl (C=O) groups is 1. The second-order valence-electron chi connectivity index (χ2n) is 6.69. The van der Waals surface area contributed by atoms with Crippen LogP contribution in [-0.2, 0) is 11.3 Å². The van der Waals surface area contributed by atoms with E-state index in [0.717, 1.165) is 24.3 Å². The van der Waals surface area contributed by atoms with Crippen molar-refractivity contribution < 1.29 is 9.90 Å². The molecule has 1 amide bonds. The first-order valence-corrected chi connectivity index (χ1v) is 9.14. The first-order valence-electron chi connectivity index (χ1n) is 8.76. The van der Waals surface area contributed by atoms with Crippen molar-refractivity contribution in [3.05, 3.63) is 59.1 Å². The highest BCUT2D eigenvalue weighted by molar-refractivity contribution is 6.30. The molecule has 1 aliphatic rings. The fraction of sp³-hybridized carbons (Fsp3) is 0.350. The molecular formula is C20H24ClN3O2. The molecule has 5 nitrogen and oxygen atoms in total. The van der Waals surface area contributed by atoms with Crippen molar-refractivity contribution in [1.82, 2.24) is 9.80 Å². The Morgan fingerprint density at radius 3 is 2.46 bits per heavy atom. The van der Waals surface area contributed by atoms with E-state index in [1.165, 1.54) is 0 Å². The maximum Gasteiger partial charge on any atom is 0.236 e. The van der Waals surface area contributed by atoms with Crippen molar-refractivity contribution in [2.24, 2.45) is 0 Å². The number of hydrogen-bond donors (Lipinski definition) is 1. The quantitative estimate of drug-likeness (QED) is 0.875. The monoisotopic (exact) mass is 373 g/mol. The Labute approximate surface area is 159 Å². The van der Waals surface area contributed by atoms with Gasteiger partial charge in [0.15, 0.2) is 0 Å². The average Bonchev–Trinajstić information content (AvgIpc) is 2.62. The summed E-state index contributed by atoms with van der Waals surface area (Å²) < 4.78 is 0. The summed E-state index contributed by atoms with van der Waals surface area (Å²) in [7, 11) is 1.95. The van der Waals surface area contributed by atoms with Gasteiger partial charge >= 0.3 is 0 Å². The van der Waals surface area contributed by atoms with Crippen molar-refractivity contribution in [3.63, 3.8) is 0 Å². The molecule has 0 spiro atoms. The van der Waals surface area contributed by atoms with E-state index in [9.17, 15) is 9.90 Å². The van der Waals surface area contributed by atoms with Crippen molar-refractivity contribution in [2.45, 2.75) is 6.54 Å². The van der Waals surface area contributed by atoms with E-state index < -0.39 is 0 Å². The second kappa shape index (κ2) is 8.43. The van der Waals surface area contributed by atoms with Crippen LogP contribution < -0.4 is 4.90 Å². The number of amides is 1. The molecule has 6 heteroatoms. The molecular weight excluding hydrogens is 350 g/mol. The Morgan fingerprint density at radius 2 is 1.81 bits per heavy atom. The van der Waals surface area contributed by atoms with Gasteiger partial charge < -0.3 is 14.9 Å². The lowest BCUT2D eigenvalue weighted by atomic mass is 10.2. The van der Waals surface area contributed by atoms with Crippen LogP contribution in [0.15, 0.2) is 48.5 Å². The van der Waals surface area contributed by atoms with E-state index >= 15 is 0 Å². The maximum absolute atomic E-state index is 12.6. The predicted octanol–water partition coefficient (Wildman–Crippen LogP) is 2.83. The molecule has 1 heterocycles. The number of nitrogens with zero attached hydrogens (tertiary/aromatic N) is 3. The van der Waals surface area contributed by atoms with E-state index in [4.69, 9.17) is 11.6 Å². The number of rotatable bonds is 5. The molecule has 138 valence electrons. The molecule has 26 heavy (non-hydrogen) atoms. The minimum atomic E-state index is 0.153. The molecule has 1 fully saturated rings. The molecule has 0 aliphatic carbocycles. The van der Waals surface area contributed by atoms with Crippen LogP contribution in [0.4, 0.5) is 5.69 Å². The number of phenols is 1. The number of aromatic hydroxyl groups is 1. The highest BCUT2D eigenvalue weighted by Crippen LogP contribution is 2.20. The van der Waals surface area contributed by atoms with Gasteiger partial charge in [-0.05, 0) is 49.0 Å². The Morgan fingerprint density at radius 1 is 1.12 bits per heavy atom. The van der Waals surface area contributed by atoms with Crippen LogP contribution in [0.5, 0.6) is 5.75 Å². The fourth-order valence-corrected chi connectivity index (χ4v) is 3.42. The zero-order valence-electron chi connectivity index (χ0n) is 14.9. The zero-order valence-corrected chi connectivity index (χ0v) is 15.7. The zero-order chi connectivity index (χ0) is 18.5. The number of anilines is 1. The van der Waals surface area contributed by atoms with Crippen LogP contribution in [0.2, 0.25) is 5.02 Å². The summed E-state index contributed by atoms with van der Waals surface area (Å²) in [5, 5.41) is 10.1. The standard InChI is InChI=1S/C20H24ClN3O2/c1-22(14-16-3-2-4-17(21)13-16)15-20(26)24-11-9-23(10-12-24)18-5-7-19(25)8-6-18/h2-8,13,25H,9-12,14-15H2,1H3. The summed E-state index contributed by atoms with van der Waals surface area (Å²) in [5.74, 6) is 0.421. The molecule has 2 aromatic carbocycles. The van der Waals surface area contributed by atoms with Crippen molar-refractivity contribution >= 4 is 23.2 Å². The van der Waals surface area contributed by atoms with Crippen LogP contribution in [0.3, 0.4) is 0 Å². The number of phenolic OH excluding ortho intramolecular Hbond substituents is 1. The highest BCUT2D eigenvalue weighted by Gasteiger charge is 2.22. The molecule has 0 atom stereocenters. The summed E-state index contributed by atoms with van der Waals surface area (Å²) in [6, 6.07) is 14.9.